The predicted octanol–water partition coefficient (Wildman–Crippen LogP) is 2.10. The van der Waals surface area contributed by atoms with Gasteiger partial charge >= 0.3 is 0 Å². The van der Waals surface area contributed by atoms with Gasteiger partial charge in [-0.3, -0.25) is 14.4 Å². The van der Waals surface area contributed by atoms with Gasteiger partial charge in [0.15, 0.2) is 5.69 Å². The third-order valence-corrected chi connectivity index (χ3v) is 6.46. The lowest BCUT2D eigenvalue weighted by Crippen LogP contribution is -2.47. The highest BCUT2D eigenvalue weighted by Crippen LogP contribution is 2.23. The molecule has 5 rings (SSSR count). The van der Waals surface area contributed by atoms with Crippen molar-refractivity contribution in [3.05, 3.63) is 70.6 Å². The van der Waals surface area contributed by atoms with Gasteiger partial charge in [-0.15, -0.1) is 0 Å². The number of ether oxygens (including phenoxy) is 1. The van der Waals surface area contributed by atoms with Gasteiger partial charge < -0.3 is 14.5 Å². The summed E-state index contributed by atoms with van der Waals surface area (Å²) in [5.41, 5.74) is 0.604. The number of carbonyl (C=O) groups excluding carboxylic acids is 2. The van der Waals surface area contributed by atoms with E-state index in [0.29, 0.717) is 68.7 Å². The number of aromatic nitrogens is 2. The quantitative estimate of drug-likeness (QED) is 0.615. The van der Waals surface area contributed by atoms with Crippen molar-refractivity contribution in [3.63, 3.8) is 0 Å². The molecule has 2 aliphatic rings. The molecular formula is C25H26N4O4. The highest BCUT2D eigenvalue weighted by molar-refractivity contribution is 6.05. The van der Waals surface area contributed by atoms with Crippen LogP contribution in [0.25, 0.3) is 16.5 Å². The summed E-state index contributed by atoms with van der Waals surface area (Å²) in [5, 5.41) is 5.50. The zero-order chi connectivity index (χ0) is 22.8. The van der Waals surface area contributed by atoms with Crippen LogP contribution in [0.15, 0.2) is 59.4 Å². The van der Waals surface area contributed by atoms with Crippen LogP contribution in [0.2, 0.25) is 0 Å². The summed E-state index contributed by atoms with van der Waals surface area (Å²) in [6, 6.07) is 16.2. The first-order valence-corrected chi connectivity index (χ1v) is 11.4. The van der Waals surface area contributed by atoms with Crippen molar-refractivity contribution in [1.82, 2.24) is 19.6 Å². The van der Waals surface area contributed by atoms with Gasteiger partial charge in [0.2, 0.25) is 5.91 Å². The average Bonchev–Trinajstić information content (AvgIpc) is 2.89. The largest absolute Gasteiger partial charge is 0.378 e. The first-order chi connectivity index (χ1) is 16.1. The number of piperidine rings is 1. The summed E-state index contributed by atoms with van der Waals surface area (Å²) < 4.78 is 6.64. The molecule has 2 fully saturated rings. The maximum absolute atomic E-state index is 13.5. The molecule has 0 bridgehead atoms. The zero-order valence-electron chi connectivity index (χ0n) is 18.4. The predicted molar refractivity (Wildman–Crippen MR) is 123 cm³/mol. The van der Waals surface area contributed by atoms with Crippen molar-refractivity contribution in [3.8, 4) is 5.69 Å². The molecule has 0 N–H and O–H groups in total. The minimum atomic E-state index is -0.261. The van der Waals surface area contributed by atoms with Crippen molar-refractivity contribution in [2.24, 2.45) is 5.92 Å². The normalized spacial score (nSPS) is 17.3. The third kappa shape index (κ3) is 4.14. The first kappa shape index (κ1) is 21.3. The number of hydrogen-bond acceptors (Lipinski definition) is 5. The minimum absolute atomic E-state index is 0.0740. The molecule has 3 aromatic rings. The van der Waals surface area contributed by atoms with Gasteiger partial charge in [-0.05, 0) is 31.0 Å². The van der Waals surface area contributed by atoms with E-state index in [-0.39, 0.29) is 29.0 Å². The summed E-state index contributed by atoms with van der Waals surface area (Å²) in [6.07, 6.45) is 1.25. The Labute approximate surface area is 191 Å². The number of nitrogens with zero attached hydrogens (tertiary/aromatic N) is 4. The van der Waals surface area contributed by atoms with Gasteiger partial charge in [-0.2, -0.15) is 9.78 Å². The Morgan fingerprint density at radius 1 is 0.818 bits per heavy atom. The van der Waals surface area contributed by atoms with Crippen molar-refractivity contribution in [2.75, 3.05) is 39.4 Å². The third-order valence-electron chi connectivity index (χ3n) is 6.46. The van der Waals surface area contributed by atoms with Crippen LogP contribution >= 0.6 is 0 Å². The molecule has 0 aliphatic carbocycles. The summed E-state index contributed by atoms with van der Waals surface area (Å²) in [4.78, 5) is 43.0. The Hall–Kier alpha value is -3.52. The molecule has 0 atom stereocenters. The Morgan fingerprint density at radius 3 is 2.15 bits per heavy atom. The molecule has 2 aliphatic heterocycles. The maximum atomic E-state index is 13.5. The standard InChI is InChI=1S/C25H26N4O4/c30-23(28-14-16-33-17-15-28)18-10-12-27(13-11-18)25(32)22-20-8-4-5-9-21(20)24(31)29(26-22)19-6-2-1-3-7-19/h1-9,18H,10-17H2. The number of morpholine rings is 1. The van der Waals surface area contributed by atoms with E-state index in [1.165, 1.54) is 4.68 Å². The Bertz CT molecular complexity index is 1230. The van der Waals surface area contributed by atoms with Crippen LogP contribution in [0.5, 0.6) is 0 Å². The summed E-state index contributed by atoms with van der Waals surface area (Å²) >= 11 is 0. The SMILES string of the molecule is O=C(c1nn(-c2ccccc2)c(=O)c2ccccc12)N1CCC(C(=O)N2CCOCC2)CC1. The van der Waals surface area contributed by atoms with Gasteiger partial charge in [0.25, 0.3) is 11.5 Å². The van der Waals surface area contributed by atoms with E-state index >= 15 is 0 Å². The fourth-order valence-corrected chi connectivity index (χ4v) is 4.61. The molecular weight excluding hydrogens is 420 g/mol. The fraction of sp³-hybridized carbons (Fsp3) is 0.360. The average molecular weight is 447 g/mol. The van der Waals surface area contributed by atoms with Crippen molar-refractivity contribution in [1.29, 1.82) is 0 Å². The van der Waals surface area contributed by atoms with Crippen molar-refractivity contribution < 1.29 is 14.3 Å². The monoisotopic (exact) mass is 446 g/mol. The van der Waals surface area contributed by atoms with Crippen LogP contribution < -0.4 is 5.56 Å². The molecule has 0 spiro atoms. The summed E-state index contributed by atoms with van der Waals surface area (Å²) in [6.45, 7) is 3.40. The number of likely N-dealkylation sites (tertiary alicyclic amines) is 1. The van der Waals surface area contributed by atoms with Gasteiger partial charge in [-0.1, -0.05) is 36.4 Å². The van der Waals surface area contributed by atoms with Crippen LogP contribution in [0.4, 0.5) is 0 Å². The molecule has 0 unspecified atom stereocenters. The van der Waals surface area contributed by atoms with E-state index in [1.807, 2.05) is 23.1 Å². The number of carbonyl (C=O) groups is 2. The fourth-order valence-electron chi connectivity index (χ4n) is 4.61. The Kier molecular flexibility index (Phi) is 5.92. The number of para-hydroxylation sites is 1. The number of fused-ring (bicyclic) bond motifs is 1. The lowest BCUT2D eigenvalue weighted by Gasteiger charge is -2.35. The smallest absolute Gasteiger partial charge is 0.279 e. The Balaban J connectivity index is 1.40. The molecule has 3 heterocycles. The van der Waals surface area contributed by atoms with Crippen LogP contribution in [0.3, 0.4) is 0 Å². The second kappa shape index (κ2) is 9.15. The Morgan fingerprint density at radius 2 is 1.45 bits per heavy atom. The molecule has 0 radical (unpaired) electrons. The second-order valence-electron chi connectivity index (χ2n) is 8.45. The van der Waals surface area contributed by atoms with Gasteiger partial charge in [0.05, 0.1) is 24.3 Å². The molecule has 0 saturated carbocycles. The van der Waals surface area contributed by atoms with Gasteiger partial charge in [-0.25, -0.2) is 0 Å². The highest BCUT2D eigenvalue weighted by Gasteiger charge is 2.32. The van der Waals surface area contributed by atoms with E-state index in [0.717, 1.165) is 0 Å². The van der Waals surface area contributed by atoms with E-state index in [4.69, 9.17) is 4.74 Å². The van der Waals surface area contributed by atoms with E-state index < -0.39 is 0 Å². The number of amides is 2. The van der Waals surface area contributed by atoms with Crippen LogP contribution in [0.1, 0.15) is 23.3 Å². The molecule has 8 heteroatoms. The maximum Gasteiger partial charge on any atom is 0.279 e. The number of benzene rings is 2. The van der Waals surface area contributed by atoms with E-state index in [9.17, 15) is 14.4 Å². The topological polar surface area (TPSA) is 84.7 Å². The molecule has 2 aromatic carbocycles. The minimum Gasteiger partial charge on any atom is -0.378 e. The highest BCUT2D eigenvalue weighted by atomic mass is 16.5. The molecule has 8 nitrogen and oxygen atoms in total. The molecule has 1 aromatic heterocycles. The molecule has 170 valence electrons. The lowest BCUT2D eigenvalue weighted by molar-refractivity contribution is -0.141. The van der Waals surface area contributed by atoms with Crippen molar-refractivity contribution >= 4 is 22.6 Å². The van der Waals surface area contributed by atoms with Crippen LogP contribution in [-0.2, 0) is 9.53 Å². The van der Waals surface area contributed by atoms with E-state index in [1.54, 1.807) is 41.3 Å². The second-order valence-corrected chi connectivity index (χ2v) is 8.45. The molecule has 2 saturated heterocycles. The van der Waals surface area contributed by atoms with Crippen LogP contribution in [-0.4, -0.2) is 70.8 Å². The molecule has 2 amide bonds. The number of rotatable bonds is 3. The zero-order valence-corrected chi connectivity index (χ0v) is 18.4. The summed E-state index contributed by atoms with van der Waals surface area (Å²) in [7, 11) is 0. The van der Waals surface area contributed by atoms with E-state index in [2.05, 4.69) is 5.10 Å². The summed E-state index contributed by atoms with van der Waals surface area (Å²) in [5.74, 6) is -0.130. The first-order valence-electron chi connectivity index (χ1n) is 11.4. The molecule has 33 heavy (non-hydrogen) atoms. The van der Waals surface area contributed by atoms with Crippen molar-refractivity contribution in [2.45, 2.75) is 12.8 Å². The number of hydrogen-bond donors (Lipinski definition) is 0. The lowest BCUT2D eigenvalue weighted by atomic mass is 9.94. The van der Waals surface area contributed by atoms with Gasteiger partial charge in [0, 0.05) is 37.5 Å². The van der Waals surface area contributed by atoms with Crippen LogP contribution in [0, 0.1) is 5.92 Å². The van der Waals surface area contributed by atoms with Gasteiger partial charge in [0.1, 0.15) is 0 Å².